The summed E-state index contributed by atoms with van der Waals surface area (Å²) in [6.45, 7) is 0. The molecule has 21 heavy (non-hydrogen) atoms. The summed E-state index contributed by atoms with van der Waals surface area (Å²) < 4.78 is 4.89. The average Bonchev–Trinajstić information content (AvgIpc) is 2.55. The molecule has 2 atom stereocenters. The van der Waals surface area contributed by atoms with E-state index in [4.69, 9.17) is 4.74 Å². The van der Waals surface area contributed by atoms with E-state index in [1.54, 1.807) is 0 Å². The van der Waals surface area contributed by atoms with Crippen molar-refractivity contribution in [3.63, 3.8) is 0 Å². The van der Waals surface area contributed by atoms with Crippen molar-refractivity contribution in [2.45, 2.75) is 25.2 Å². The van der Waals surface area contributed by atoms with E-state index in [-0.39, 0.29) is 11.9 Å². The molecule has 0 unspecified atom stereocenters. The zero-order valence-electron chi connectivity index (χ0n) is 12.3. The van der Waals surface area contributed by atoms with Gasteiger partial charge in [0.1, 0.15) is 0 Å². The molecule has 0 bridgehead atoms. The van der Waals surface area contributed by atoms with E-state index in [0.29, 0.717) is 12.3 Å². The molecule has 0 saturated carbocycles. The molecule has 0 aliphatic heterocycles. The molecule has 2 aromatic carbocycles. The van der Waals surface area contributed by atoms with Gasteiger partial charge >= 0.3 is 5.97 Å². The molecule has 0 radical (unpaired) electrons. The van der Waals surface area contributed by atoms with E-state index < -0.39 is 0 Å². The van der Waals surface area contributed by atoms with Gasteiger partial charge in [0.05, 0.1) is 7.11 Å². The Morgan fingerprint density at radius 3 is 2.57 bits per heavy atom. The van der Waals surface area contributed by atoms with Gasteiger partial charge in [0.2, 0.25) is 0 Å². The number of hydrogen-bond acceptors (Lipinski definition) is 2. The Hall–Kier alpha value is -2.09. The van der Waals surface area contributed by atoms with E-state index in [1.807, 2.05) is 6.07 Å². The quantitative estimate of drug-likeness (QED) is 0.796. The van der Waals surface area contributed by atoms with Crippen molar-refractivity contribution in [2.75, 3.05) is 7.11 Å². The number of ether oxygens (including phenoxy) is 1. The standard InChI is InChI=1S/C19H20O2/c1-21-18(20)13-16-12-11-14-7-5-6-10-17(14)19(16)15-8-3-2-4-9-15/h2-10,16,19H,11-13H2,1H3/t16-,19-/m1/s1. The number of hydrogen-bond donors (Lipinski definition) is 0. The molecule has 0 heterocycles. The van der Waals surface area contributed by atoms with Crippen LogP contribution in [0.3, 0.4) is 0 Å². The van der Waals surface area contributed by atoms with Crippen LogP contribution in [0.15, 0.2) is 54.6 Å². The molecule has 2 aromatic rings. The maximum atomic E-state index is 11.7. The van der Waals surface area contributed by atoms with Gasteiger partial charge in [-0.3, -0.25) is 4.79 Å². The van der Waals surface area contributed by atoms with Gasteiger partial charge < -0.3 is 4.74 Å². The number of benzene rings is 2. The number of carbonyl (C=O) groups excluding carboxylic acids is 1. The van der Waals surface area contributed by atoms with Crippen LogP contribution in [-0.4, -0.2) is 13.1 Å². The van der Waals surface area contributed by atoms with Gasteiger partial charge in [0.15, 0.2) is 0 Å². The summed E-state index contributed by atoms with van der Waals surface area (Å²) in [5.74, 6) is 0.491. The Balaban J connectivity index is 2.01. The Morgan fingerprint density at radius 1 is 1.10 bits per heavy atom. The fourth-order valence-corrected chi connectivity index (χ4v) is 3.46. The summed E-state index contributed by atoms with van der Waals surface area (Å²) >= 11 is 0. The summed E-state index contributed by atoms with van der Waals surface area (Å²) in [5, 5.41) is 0. The molecule has 0 saturated heterocycles. The summed E-state index contributed by atoms with van der Waals surface area (Å²) in [7, 11) is 1.47. The Bertz CT molecular complexity index is 618. The van der Waals surface area contributed by atoms with Gasteiger partial charge in [-0.2, -0.15) is 0 Å². The molecule has 0 fully saturated rings. The molecule has 0 amide bonds. The van der Waals surface area contributed by atoms with Crippen LogP contribution in [0.1, 0.15) is 35.4 Å². The van der Waals surface area contributed by atoms with E-state index in [1.165, 1.54) is 23.8 Å². The first-order chi connectivity index (χ1) is 10.3. The molecule has 2 nitrogen and oxygen atoms in total. The van der Waals surface area contributed by atoms with Gasteiger partial charge in [0, 0.05) is 12.3 Å². The predicted octanol–water partition coefficient (Wildman–Crippen LogP) is 3.94. The van der Waals surface area contributed by atoms with Gasteiger partial charge in [-0.15, -0.1) is 0 Å². The third-order valence-corrected chi connectivity index (χ3v) is 4.46. The Labute approximate surface area is 125 Å². The Morgan fingerprint density at radius 2 is 1.81 bits per heavy atom. The molecule has 108 valence electrons. The minimum atomic E-state index is -0.111. The van der Waals surface area contributed by atoms with E-state index >= 15 is 0 Å². The number of fused-ring (bicyclic) bond motifs is 1. The highest BCUT2D eigenvalue weighted by Gasteiger charge is 2.32. The molecule has 0 spiro atoms. The zero-order valence-corrected chi connectivity index (χ0v) is 12.3. The lowest BCUT2D eigenvalue weighted by Crippen LogP contribution is -2.24. The minimum absolute atomic E-state index is 0.111. The van der Waals surface area contributed by atoms with E-state index in [2.05, 4.69) is 48.5 Å². The van der Waals surface area contributed by atoms with Crippen molar-refractivity contribution >= 4 is 5.97 Å². The van der Waals surface area contributed by atoms with Crippen molar-refractivity contribution in [3.8, 4) is 0 Å². The lowest BCUT2D eigenvalue weighted by molar-refractivity contribution is -0.141. The topological polar surface area (TPSA) is 26.3 Å². The van der Waals surface area contributed by atoms with Crippen LogP contribution in [0.25, 0.3) is 0 Å². The van der Waals surface area contributed by atoms with Crippen LogP contribution in [0.5, 0.6) is 0 Å². The second-order valence-corrected chi connectivity index (χ2v) is 5.67. The van der Waals surface area contributed by atoms with Crippen molar-refractivity contribution in [1.82, 2.24) is 0 Å². The maximum Gasteiger partial charge on any atom is 0.305 e. The largest absolute Gasteiger partial charge is 0.469 e. The number of rotatable bonds is 3. The SMILES string of the molecule is COC(=O)C[C@H]1CCc2ccccc2[C@@H]1c1ccccc1. The normalized spacial score (nSPS) is 20.6. The molecule has 3 rings (SSSR count). The first-order valence-electron chi connectivity index (χ1n) is 7.49. The van der Waals surface area contributed by atoms with Gasteiger partial charge in [0.25, 0.3) is 0 Å². The molecule has 0 aromatic heterocycles. The van der Waals surface area contributed by atoms with Crippen LogP contribution < -0.4 is 0 Å². The predicted molar refractivity (Wildman–Crippen MR) is 83.2 cm³/mol. The number of aryl methyl sites for hydroxylation is 1. The lowest BCUT2D eigenvalue weighted by atomic mass is 9.71. The van der Waals surface area contributed by atoms with Gasteiger partial charge in [-0.1, -0.05) is 54.6 Å². The summed E-state index contributed by atoms with van der Waals surface area (Å²) in [4.78, 5) is 11.7. The van der Waals surface area contributed by atoms with E-state index in [0.717, 1.165) is 12.8 Å². The second kappa shape index (κ2) is 6.13. The average molecular weight is 280 g/mol. The van der Waals surface area contributed by atoms with E-state index in [9.17, 15) is 4.79 Å². The third-order valence-electron chi connectivity index (χ3n) is 4.46. The molecule has 1 aliphatic carbocycles. The summed E-state index contributed by atoms with van der Waals surface area (Å²) in [6, 6.07) is 19.1. The van der Waals surface area contributed by atoms with Gasteiger partial charge in [-0.05, 0) is 35.4 Å². The first kappa shape index (κ1) is 13.9. The minimum Gasteiger partial charge on any atom is -0.469 e. The molecular weight excluding hydrogens is 260 g/mol. The summed E-state index contributed by atoms with van der Waals surface area (Å²) in [6.07, 6.45) is 2.57. The van der Waals surface area contributed by atoms with Crippen molar-refractivity contribution in [2.24, 2.45) is 5.92 Å². The monoisotopic (exact) mass is 280 g/mol. The second-order valence-electron chi connectivity index (χ2n) is 5.67. The fraction of sp³-hybridized carbons (Fsp3) is 0.316. The highest BCUT2D eigenvalue weighted by atomic mass is 16.5. The lowest BCUT2D eigenvalue weighted by Gasteiger charge is -2.33. The number of methoxy groups -OCH3 is 1. The fourth-order valence-electron chi connectivity index (χ4n) is 3.46. The smallest absolute Gasteiger partial charge is 0.305 e. The van der Waals surface area contributed by atoms with Crippen LogP contribution in [0, 0.1) is 5.92 Å². The molecule has 1 aliphatic rings. The molecule has 2 heteroatoms. The van der Waals surface area contributed by atoms with Crippen molar-refractivity contribution < 1.29 is 9.53 Å². The van der Waals surface area contributed by atoms with Gasteiger partial charge in [-0.25, -0.2) is 0 Å². The van der Waals surface area contributed by atoms with Crippen molar-refractivity contribution in [3.05, 3.63) is 71.3 Å². The highest BCUT2D eigenvalue weighted by Crippen LogP contribution is 2.42. The van der Waals surface area contributed by atoms with Crippen LogP contribution in [-0.2, 0) is 16.0 Å². The molecular formula is C19H20O2. The highest BCUT2D eigenvalue weighted by molar-refractivity contribution is 5.70. The Kier molecular flexibility index (Phi) is 4.05. The first-order valence-corrected chi connectivity index (χ1v) is 7.49. The maximum absolute atomic E-state index is 11.7. The third kappa shape index (κ3) is 2.85. The van der Waals surface area contributed by atoms with Crippen LogP contribution in [0.4, 0.5) is 0 Å². The van der Waals surface area contributed by atoms with Crippen LogP contribution >= 0.6 is 0 Å². The van der Waals surface area contributed by atoms with Crippen LogP contribution in [0.2, 0.25) is 0 Å². The number of carbonyl (C=O) groups is 1. The molecule has 0 N–H and O–H groups in total. The summed E-state index contributed by atoms with van der Waals surface area (Å²) in [5.41, 5.74) is 4.06. The number of esters is 1. The van der Waals surface area contributed by atoms with Crippen molar-refractivity contribution in [1.29, 1.82) is 0 Å². The zero-order chi connectivity index (χ0) is 14.7.